The number of nitrogens with zero attached hydrogens (tertiary/aromatic N) is 1. The number of phenolic OH excluding ortho intramolecular Hbond substituents is 1. The average Bonchev–Trinajstić information content (AvgIpc) is 2.57. The molecule has 1 aromatic carbocycles. The van der Waals surface area contributed by atoms with E-state index in [4.69, 9.17) is 16.7 Å². The van der Waals surface area contributed by atoms with Crippen molar-refractivity contribution in [1.82, 2.24) is 0 Å². The molecule has 17 heavy (non-hydrogen) atoms. The van der Waals surface area contributed by atoms with Gasteiger partial charge in [-0.3, -0.25) is 4.79 Å². The third-order valence-corrected chi connectivity index (χ3v) is 2.83. The van der Waals surface area contributed by atoms with Crippen LogP contribution in [0.5, 0.6) is 5.75 Å². The molecule has 0 radical (unpaired) electrons. The number of carboxylic acids is 1. The number of carbonyl (C=O) groups is 2. The second-order valence-electron chi connectivity index (χ2n) is 3.85. The summed E-state index contributed by atoms with van der Waals surface area (Å²) in [5, 5.41) is 18.0. The van der Waals surface area contributed by atoms with Crippen molar-refractivity contribution in [1.29, 1.82) is 0 Å². The third-order valence-electron chi connectivity index (χ3n) is 2.54. The summed E-state index contributed by atoms with van der Waals surface area (Å²) in [5.41, 5.74) is 0.293. The summed E-state index contributed by atoms with van der Waals surface area (Å²) < 4.78 is 0. The zero-order valence-corrected chi connectivity index (χ0v) is 9.52. The zero-order chi connectivity index (χ0) is 12.6. The molecule has 1 aliphatic heterocycles. The van der Waals surface area contributed by atoms with E-state index in [1.54, 1.807) is 0 Å². The topological polar surface area (TPSA) is 77.8 Å². The van der Waals surface area contributed by atoms with Gasteiger partial charge in [-0.15, -0.1) is 11.6 Å². The van der Waals surface area contributed by atoms with E-state index in [1.165, 1.54) is 17.0 Å². The molecule has 1 fully saturated rings. The molecule has 0 aromatic heterocycles. The molecular weight excluding hydrogens is 246 g/mol. The van der Waals surface area contributed by atoms with Crippen LogP contribution in [0.2, 0.25) is 0 Å². The molecule has 1 aromatic rings. The minimum atomic E-state index is -1.16. The molecule has 1 saturated heterocycles. The van der Waals surface area contributed by atoms with Gasteiger partial charge in [0.15, 0.2) is 0 Å². The molecule has 1 aliphatic rings. The number of rotatable bonds is 2. The van der Waals surface area contributed by atoms with Crippen molar-refractivity contribution in [2.75, 3.05) is 11.4 Å². The van der Waals surface area contributed by atoms with E-state index in [0.717, 1.165) is 6.07 Å². The maximum absolute atomic E-state index is 11.6. The van der Waals surface area contributed by atoms with Gasteiger partial charge in [0.25, 0.3) is 0 Å². The number of anilines is 1. The van der Waals surface area contributed by atoms with Crippen LogP contribution in [0.3, 0.4) is 0 Å². The van der Waals surface area contributed by atoms with Gasteiger partial charge in [-0.1, -0.05) is 0 Å². The highest BCUT2D eigenvalue weighted by Crippen LogP contribution is 2.28. The second-order valence-corrected chi connectivity index (χ2v) is 4.47. The van der Waals surface area contributed by atoms with E-state index in [9.17, 15) is 14.7 Å². The number of phenols is 1. The number of halogens is 1. The number of amides is 1. The number of hydrogen-bond acceptors (Lipinski definition) is 3. The molecule has 5 nitrogen and oxygen atoms in total. The fourth-order valence-corrected chi connectivity index (χ4v) is 2.06. The SMILES string of the molecule is O=C(O)c1cc(O)cc(N2CC(Cl)CC2=O)c1. The van der Waals surface area contributed by atoms with Crippen molar-refractivity contribution in [3.05, 3.63) is 23.8 Å². The normalized spacial score (nSPS) is 19.7. The van der Waals surface area contributed by atoms with Gasteiger partial charge in [0.1, 0.15) is 5.75 Å². The first-order chi connectivity index (χ1) is 7.97. The first-order valence-corrected chi connectivity index (χ1v) is 5.43. The Morgan fingerprint density at radius 1 is 1.41 bits per heavy atom. The van der Waals surface area contributed by atoms with Gasteiger partial charge in [-0.2, -0.15) is 0 Å². The lowest BCUT2D eigenvalue weighted by Gasteiger charge is -2.16. The maximum Gasteiger partial charge on any atom is 0.335 e. The van der Waals surface area contributed by atoms with Crippen LogP contribution in [0, 0.1) is 0 Å². The summed E-state index contributed by atoms with van der Waals surface area (Å²) in [6, 6.07) is 3.82. The van der Waals surface area contributed by atoms with E-state index in [-0.39, 0.29) is 29.0 Å². The van der Waals surface area contributed by atoms with Crippen LogP contribution in [0.4, 0.5) is 5.69 Å². The number of aromatic hydroxyl groups is 1. The Morgan fingerprint density at radius 2 is 2.12 bits per heavy atom. The Balaban J connectivity index is 2.39. The molecule has 1 amide bonds. The van der Waals surface area contributed by atoms with Gasteiger partial charge >= 0.3 is 5.97 Å². The van der Waals surface area contributed by atoms with Crippen molar-refractivity contribution in [3.63, 3.8) is 0 Å². The molecule has 1 unspecified atom stereocenters. The van der Waals surface area contributed by atoms with Crippen molar-refractivity contribution in [3.8, 4) is 5.75 Å². The van der Waals surface area contributed by atoms with Gasteiger partial charge in [-0.05, 0) is 12.1 Å². The summed E-state index contributed by atoms with van der Waals surface area (Å²) in [7, 11) is 0. The lowest BCUT2D eigenvalue weighted by Crippen LogP contribution is -2.24. The van der Waals surface area contributed by atoms with Crippen LogP contribution >= 0.6 is 11.6 Å². The smallest absolute Gasteiger partial charge is 0.335 e. The highest BCUT2D eigenvalue weighted by Gasteiger charge is 2.29. The first-order valence-electron chi connectivity index (χ1n) is 4.99. The Labute approximate surface area is 102 Å². The van der Waals surface area contributed by atoms with E-state index in [1.807, 2.05) is 0 Å². The summed E-state index contributed by atoms with van der Waals surface area (Å²) in [6.07, 6.45) is 0.222. The molecule has 2 rings (SSSR count). The van der Waals surface area contributed by atoms with Crippen molar-refractivity contribution in [2.45, 2.75) is 11.8 Å². The van der Waals surface area contributed by atoms with Crippen LogP contribution in [0.25, 0.3) is 0 Å². The number of alkyl halides is 1. The van der Waals surface area contributed by atoms with Crippen LogP contribution in [0.1, 0.15) is 16.8 Å². The van der Waals surface area contributed by atoms with Crippen LogP contribution in [-0.2, 0) is 4.79 Å². The first kappa shape index (κ1) is 11.7. The third kappa shape index (κ3) is 2.34. The van der Waals surface area contributed by atoms with Gasteiger partial charge < -0.3 is 15.1 Å². The monoisotopic (exact) mass is 255 g/mol. The van der Waals surface area contributed by atoms with Gasteiger partial charge in [0, 0.05) is 24.7 Å². The summed E-state index contributed by atoms with van der Waals surface area (Å²) in [5.74, 6) is -1.52. The van der Waals surface area contributed by atoms with E-state index in [2.05, 4.69) is 0 Å². The molecule has 0 spiro atoms. The summed E-state index contributed by atoms with van der Waals surface area (Å²) in [4.78, 5) is 23.8. The summed E-state index contributed by atoms with van der Waals surface area (Å²) >= 11 is 5.85. The summed E-state index contributed by atoms with van der Waals surface area (Å²) in [6.45, 7) is 0.322. The van der Waals surface area contributed by atoms with Crippen molar-refractivity contribution >= 4 is 29.2 Å². The van der Waals surface area contributed by atoms with Crippen LogP contribution < -0.4 is 4.90 Å². The molecule has 0 aliphatic carbocycles. The van der Waals surface area contributed by atoms with Crippen LogP contribution in [0.15, 0.2) is 18.2 Å². The minimum Gasteiger partial charge on any atom is -0.508 e. The highest BCUT2D eigenvalue weighted by molar-refractivity contribution is 6.24. The highest BCUT2D eigenvalue weighted by atomic mass is 35.5. The molecule has 6 heteroatoms. The number of hydrogen-bond donors (Lipinski definition) is 2. The van der Waals surface area contributed by atoms with Gasteiger partial charge in [-0.25, -0.2) is 4.79 Å². The molecule has 90 valence electrons. The fraction of sp³-hybridized carbons (Fsp3) is 0.273. The van der Waals surface area contributed by atoms with Crippen LogP contribution in [-0.4, -0.2) is 34.0 Å². The maximum atomic E-state index is 11.6. The lowest BCUT2D eigenvalue weighted by atomic mass is 10.2. The average molecular weight is 256 g/mol. The number of aromatic carboxylic acids is 1. The largest absolute Gasteiger partial charge is 0.508 e. The Bertz CT molecular complexity index is 488. The Morgan fingerprint density at radius 3 is 2.65 bits per heavy atom. The predicted molar refractivity (Wildman–Crippen MR) is 61.7 cm³/mol. The number of carboxylic acid groups (broad SMARTS) is 1. The molecule has 0 saturated carbocycles. The van der Waals surface area contributed by atoms with Gasteiger partial charge in [0.05, 0.1) is 10.9 Å². The zero-order valence-electron chi connectivity index (χ0n) is 8.76. The Hall–Kier alpha value is -1.75. The van der Waals surface area contributed by atoms with E-state index >= 15 is 0 Å². The molecule has 2 N–H and O–H groups in total. The second kappa shape index (κ2) is 4.25. The standard InChI is InChI=1S/C11H10ClNO4/c12-7-3-10(15)13(5-7)8-1-6(11(16)17)2-9(14)4-8/h1-2,4,7,14H,3,5H2,(H,16,17). The number of benzene rings is 1. The fourth-order valence-electron chi connectivity index (χ4n) is 1.79. The number of carbonyl (C=O) groups excluding carboxylic acids is 1. The van der Waals surface area contributed by atoms with Crippen molar-refractivity contribution in [2.24, 2.45) is 0 Å². The quantitative estimate of drug-likeness (QED) is 0.784. The molecular formula is C11H10ClNO4. The molecule has 1 atom stereocenters. The minimum absolute atomic E-state index is 0.0641. The van der Waals surface area contributed by atoms with E-state index < -0.39 is 5.97 Å². The van der Waals surface area contributed by atoms with Crippen molar-refractivity contribution < 1.29 is 19.8 Å². The molecule has 1 heterocycles. The Kier molecular flexibility index (Phi) is 2.93. The lowest BCUT2D eigenvalue weighted by molar-refractivity contribution is -0.117. The van der Waals surface area contributed by atoms with E-state index in [0.29, 0.717) is 12.2 Å². The predicted octanol–water partition coefficient (Wildman–Crippen LogP) is 1.43. The molecule has 0 bridgehead atoms. The van der Waals surface area contributed by atoms with Gasteiger partial charge in [0.2, 0.25) is 5.91 Å².